The molecule has 0 radical (unpaired) electrons. The number of hydrogen-bond donors (Lipinski definition) is 3. The van der Waals surface area contributed by atoms with Gasteiger partial charge in [0.2, 0.25) is 5.91 Å². The normalized spacial score (nSPS) is 15.0. The van der Waals surface area contributed by atoms with Gasteiger partial charge in [-0.1, -0.05) is 18.2 Å². The van der Waals surface area contributed by atoms with Crippen LogP contribution in [0.4, 0.5) is 11.5 Å². The number of carbonyl (C=O) groups excluding carboxylic acids is 1. The van der Waals surface area contributed by atoms with Crippen molar-refractivity contribution in [1.29, 1.82) is 0 Å². The predicted molar refractivity (Wildman–Crippen MR) is 107 cm³/mol. The van der Waals surface area contributed by atoms with E-state index in [0.29, 0.717) is 13.2 Å². The first-order chi connectivity index (χ1) is 13.3. The topological polar surface area (TPSA) is 79.0 Å². The summed E-state index contributed by atoms with van der Waals surface area (Å²) in [5.74, 6) is 0.895. The summed E-state index contributed by atoms with van der Waals surface area (Å²) in [5.41, 5.74) is 3.18. The van der Waals surface area contributed by atoms with E-state index in [1.807, 2.05) is 18.2 Å². The number of aromatic amines is 1. The minimum absolute atomic E-state index is 0.0349. The Balaban J connectivity index is 1.28. The van der Waals surface area contributed by atoms with E-state index >= 15 is 0 Å². The smallest absolute Gasteiger partial charge is 0.227 e. The van der Waals surface area contributed by atoms with Crippen LogP contribution < -0.4 is 10.6 Å². The molecule has 3 heterocycles. The first kappa shape index (κ1) is 17.5. The second-order valence-electron chi connectivity index (χ2n) is 6.84. The van der Waals surface area contributed by atoms with Crippen LogP contribution in [0.5, 0.6) is 0 Å². The summed E-state index contributed by atoms with van der Waals surface area (Å²) in [6, 6.07) is 12.1. The summed E-state index contributed by atoms with van der Waals surface area (Å²) in [4.78, 5) is 19.9. The van der Waals surface area contributed by atoms with Crippen LogP contribution in [0.1, 0.15) is 18.4 Å². The zero-order valence-electron chi connectivity index (χ0n) is 15.2. The highest BCUT2D eigenvalue weighted by Gasteiger charge is 2.21. The average Bonchev–Trinajstić information content (AvgIpc) is 3.13. The molecule has 3 aromatic rings. The van der Waals surface area contributed by atoms with E-state index in [9.17, 15) is 4.79 Å². The minimum atomic E-state index is 0.0349. The Labute approximate surface area is 158 Å². The fourth-order valence-corrected chi connectivity index (χ4v) is 3.44. The van der Waals surface area contributed by atoms with Crippen molar-refractivity contribution in [2.75, 3.05) is 30.4 Å². The maximum atomic E-state index is 12.2. The number of aromatic nitrogens is 2. The first-order valence-electron chi connectivity index (χ1n) is 9.43. The van der Waals surface area contributed by atoms with Crippen molar-refractivity contribution >= 4 is 28.3 Å². The van der Waals surface area contributed by atoms with Crippen LogP contribution in [0.25, 0.3) is 10.9 Å². The van der Waals surface area contributed by atoms with Crippen molar-refractivity contribution < 1.29 is 9.53 Å². The summed E-state index contributed by atoms with van der Waals surface area (Å²) in [6.07, 6.45) is 6.24. The van der Waals surface area contributed by atoms with Crippen molar-refractivity contribution in [3.63, 3.8) is 0 Å². The molecule has 0 atom stereocenters. The number of hydrogen-bond acceptors (Lipinski definition) is 4. The summed E-state index contributed by atoms with van der Waals surface area (Å²) < 4.78 is 5.30. The number of benzene rings is 1. The number of amides is 1. The average molecular weight is 364 g/mol. The molecule has 6 heteroatoms. The van der Waals surface area contributed by atoms with Gasteiger partial charge in [-0.2, -0.15) is 0 Å². The molecule has 1 fully saturated rings. The van der Waals surface area contributed by atoms with Crippen LogP contribution in [0, 0.1) is 5.92 Å². The van der Waals surface area contributed by atoms with E-state index in [0.717, 1.165) is 42.8 Å². The first-order valence-corrected chi connectivity index (χ1v) is 9.43. The van der Waals surface area contributed by atoms with Crippen molar-refractivity contribution in [2.24, 2.45) is 5.92 Å². The third-order valence-corrected chi connectivity index (χ3v) is 5.00. The summed E-state index contributed by atoms with van der Waals surface area (Å²) in [7, 11) is 0. The molecule has 0 unspecified atom stereocenters. The van der Waals surface area contributed by atoms with Gasteiger partial charge in [0.15, 0.2) is 0 Å². The highest BCUT2D eigenvalue weighted by Crippen LogP contribution is 2.19. The fraction of sp³-hybridized carbons (Fsp3) is 0.333. The van der Waals surface area contributed by atoms with E-state index < -0.39 is 0 Å². The molecule has 0 spiro atoms. The summed E-state index contributed by atoms with van der Waals surface area (Å²) >= 11 is 0. The Bertz CT molecular complexity index is 898. The number of carbonyl (C=O) groups is 1. The van der Waals surface area contributed by atoms with E-state index in [-0.39, 0.29) is 11.8 Å². The van der Waals surface area contributed by atoms with Gasteiger partial charge >= 0.3 is 0 Å². The van der Waals surface area contributed by atoms with Gasteiger partial charge in [0, 0.05) is 42.8 Å². The van der Waals surface area contributed by atoms with E-state index in [1.54, 1.807) is 6.20 Å². The highest BCUT2D eigenvalue weighted by atomic mass is 16.5. The van der Waals surface area contributed by atoms with Gasteiger partial charge in [-0.3, -0.25) is 4.79 Å². The Morgan fingerprint density at radius 3 is 2.85 bits per heavy atom. The van der Waals surface area contributed by atoms with Gasteiger partial charge < -0.3 is 20.4 Å². The maximum absolute atomic E-state index is 12.2. The van der Waals surface area contributed by atoms with Crippen LogP contribution >= 0.6 is 0 Å². The molecule has 6 nitrogen and oxygen atoms in total. The van der Waals surface area contributed by atoms with Crippen molar-refractivity contribution in [2.45, 2.75) is 19.3 Å². The number of fused-ring (bicyclic) bond motifs is 1. The Morgan fingerprint density at radius 1 is 1.19 bits per heavy atom. The zero-order chi connectivity index (χ0) is 18.5. The van der Waals surface area contributed by atoms with Crippen molar-refractivity contribution in [3.8, 4) is 0 Å². The number of ether oxygens (including phenoxy) is 1. The number of rotatable bonds is 6. The van der Waals surface area contributed by atoms with Crippen LogP contribution in [0.2, 0.25) is 0 Å². The van der Waals surface area contributed by atoms with Crippen molar-refractivity contribution in [3.05, 3.63) is 54.4 Å². The molecule has 140 valence electrons. The lowest BCUT2D eigenvalue weighted by atomic mass is 9.99. The van der Waals surface area contributed by atoms with Crippen molar-refractivity contribution in [1.82, 2.24) is 9.97 Å². The summed E-state index contributed by atoms with van der Waals surface area (Å²) in [5, 5.41) is 7.55. The molecule has 2 aromatic heterocycles. The monoisotopic (exact) mass is 364 g/mol. The van der Waals surface area contributed by atoms with Gasteiger partial charge in [0.25, 0.3) is 0 Å². The molecule has 0 saturated carbocycles. The lowest BCUT2D eigenvalue weighted by molar-refractivity contribution is -0.122. The quantitative estimate of drug-likeness (QED) is 0.625. The molecule has 1 saturated heterocycles. The van der Waals surface area contributed by atoms with Gasteiger partial charge in [0.05, 0.1) is 11.9 Å². The largest absolute Gasteiger partial charge is 0.381 e. The van der Waals surface area contributed by atoms with Gasteiger partial charge in [-0.15, -0.1) is 0 Å². The third-order valence-electron chi connectivity index (χ3n) is 5.00. The van der Waals surface area contributed by atoms with E-state index in [1.165, 1.54) is 10.9 Å². The molecule has 1 aliphatic heterocycles. The maximum Gasteiger partial charge on any atom is 0.227 e. The molecular formula is C21H24N4O2. The van der Waals surface area contributed by atoms with E-state index in [2.05, 4.69) is 45.0 Å². The Morgan fingerprint density at radius 2 is 2.04 bits per heavy atom. The molecule has 1 amide bonds. The van der Waals surface area contributed by atoms with Gasteiger partial charge in [0.1, 0.15) is 5.82 Å². The molecular weight excluding hydrogens is 340 g/mol. The number of nitrogens with zero attached hydrogens (tertiary/aromatic N) is 1. The molecule has 27 heavy (non-hydrogen) atoms. The molecule has 4 rings (SSSR count). The minimum Gasteiger partial charge on any atom is -0.381 e. The number of nitrogens with one attached hydrogen (secondary N) is 3. The zero-order valence-corrected chi connectivity index (χ0v) is 15.2. The Kier molecular flexibility index (Phi) is 5.34. The second-order valence-corrected chi connectivity index (χ2v) is 6.84. The van der Waals surface area contributed by atoms with E-state index in [4.69, 9.17) is 4.74 Å². The van der Waals surface area contributed by atoms with Crippen LogP contribution in [0.3, 0.4) is 0 Å². The molecule has 1 aliphatic rings. The Hall–Kier alpha value is -2.86. The molecule has 3 N–H and O–H groups in total. The lowest BCUT2D eigenvalue weighted by Crippen LogP contribution is -2.28. The van der Waals surface area contributed by atoms with Crippen LogP contribution in [-0.2, 0) is 16.0 Å². The molecule has 1 aromatic carbocycles. The SMILES string of the molecule is O=C(Nc1ccc(NCCc2c[nH]c3ccccc23)nc1)C1CCOCC1. The lowest BCUT2D eigenvalue weighted by Gasteiger charge is -2.21. The summed E-state index contributed by atoms with van der Waals surface area (Å²) in [6.45, 7) is 2.12. The number of anilines is 2. The van der Waals surface area contributed by atoms with Gasteiger partial charge in [-0.05, 0) is 43.0 Å². The second kappa shape index (κ2) is 8.22. The van der Waals surface area contributed by atoms with Crippen LogP contribution in [0.15, 0.2) is 48.8 Å². The fourth-order valence-electron chi connectivity index (χ4n) is 3.44. The van der Waals surface area contributed by atoms with Gasteiger partial charge in [-0.25, -0.2) is 4.98 Å². The number of pyridine rings is 1. The highest BCUT2D eigenvalue weighted by molar-refractivity contribution is 5.92. The van der Waals surface area contributed by atoms with Crippen LogP contribution in [-0.4, -0.2) is 35.6 Å². The standard InChI is InChI=1S/C21H24N4O2/c26-21(15-8-11-27-12-9-15)25-17-5-6-20(24-14-17)22-10-7-16-13-23-19-4-2-1-3-18(16)19/h1-6,13-15,23H,7-12H2,(H,22,24)(H,25,26). The molecule has 0 bridgehead atoms. The predicted octanol–water partition coefficient (Wildman–Crippen LogP) is 3.58. The number of para-hydroxylation sites is 1. The number of H-pyrrole nitrogens is 1. The third kappa shape index (κ3) is 4.28. The molecule has 0 aliphatic carbocycles.